The van der Waals surface area contributed by atoms with E-state index in [2.05, 4.69) is 30.4 Å². The van der Waals surface area contributed by atoms with Crippen LogP contribution in [0.15, 0.2) is 35.1 Å². The van der Waals surface area contributed by atoms with Crippen LogP contribution in [0.3, 0.4) is 0 Å². The third-order valence-electron chi connectivity index (χ3n) is 5.23. The first kappa shape index (κ1) is 22.0. The maximum absolute atomic E-state index is 12.4. The Morgan fingerprint density at radius 2 is 2.06 bits per heavy atom. The van der Waals surface area contributed by atoms with Gasteiger partial charge in [0.2, 0.25) is 5.88 Å². The van der Waals surface area contributed by atoms with Crippen LogP contribution in [0.2, 0.25) is 0 Å². The molecule has 0 aromatic carbocycles. The quantitative estimate of drug-likeness (QED) is 0.615. The maximum atomic E-state index is 12.4. The fourth-order valence-corrected chi connectivity index (χ4v) is 5.03. The highest BCUT2D eigenvalue weighted by Crippen LogP contribution is 2.28. The predicted molar refractivity (Wildman–Crippen MR) is 123 cm³/mol. The number of nitrogens with two attached hydrogens (primary N) is 1. The second-order valence-electron chi connectivity index (χ2n) is 8.42. The van der Waals surface area contributed by atoms with Crippen molar-refractivity contribution in [3.8, 4) is 23.2 Å². The highest BCUT2D eigenvalue weighted by molar-refractivity contribution is 7.93. The zero-order valence-corrected chi connectivity index (χ0v) is 19.2. The lowest BCUT2D eigenvalue weighted by Crippen LogP contribution is -2.40. The van der Waals surface area contributed by atoms with Crippen LogP contribution >= 0.6 is 0 Å². The summed E-state index contributed by atoms with van der Waals surface area (Å²) in [5.41, 5.74) is 7.79. The van der Waals surface area contributed by atoms with Gasteiger partial charge in [-0.25, -0.2) is 23.1 Å². The summed E-state index contributed by atoms with van der Waals surface area (Å²) >= 11 is 0. The fraction of sp³-hybridized carbons (Fsp3) is 0.429. The molecular formula is C21H26N8O2S. The number of anilines is 1. The van der Waals surface area contributed by atoms with E-state index in [1.807, 2.05) is 26.0 Å². The standard InChI is InChI=1S/C21H26N8O2S/c1-21(2,23)14-31-18-13-29-20(16(10-22)12-26-29)19(27-18)15-4-5-17(25-11-15)28-6-8-32(30,24-3)9-7-28/h4-5,11-13H,6-9,14,23H2,1-3H3. The topological polar surface area (TPSA) is 135 Å². The van der Waals surface area contributed by atoms with Crippen molar-refractivity contribution in [3.63, 3.8) is 0 Å². The minimum absolute atomic E-state index is 0.275. The molecule has 32 heavy (non-hydrogen) atoms. The van der Waals surface area contributed by atoms with Gasteiger partial charge >= 0.3 is 0 Å². The summed E-state index contributed by atoms with van der Waals surface area (Å²) in [7, 11) is -0.462. The second kappa shape index (κ2) is 8.37. The Morgan fingerprint density at radius 3 is 2.66 bits per heavy atom. The zero-order valence-electron chi connectivity index (χ0n) is 18.4. The van der Waals surface area contributed by atoms with E-state index in [0.717, 1.165) is 11.4 Å². The normalized spacial score (nSPS) is 16.0. The van der Waals surface area contributed by atoms with Gasteiger partial charge in [-0.2, -0.15) is 10.4 Å². The highest BCUT2D eigenvalue weighted by Gasteiger charge is 2.22. The molecule has 4 heterocycles. The van der Waals surface area contributed by atoms with Gasteiger partial charge in [-0.3, -0.25) is 0 Å². The summed E-state index contributed by atoms with van der Waals surface area (Å²) in [4.78, 5) is 11.3. The van der Waals surface area contributed by atoms with Crippen LogP contribution in [0.5, 0.6) is 5.88 Å². The third kappa shape index (κ3) is 4.51. The summed E-state index contributed by atoms with van der Waals surface area (Å²) < 4.78 is 23.9. The molecule has 0 amide bonds. The molecule has 11 heteroatoms. The Hall–Kier alpha value is -3.23. The summed E-state index contributed by atoms with van der Waals surface area (Å²) in [5.74, 6) is 2.23. The number of hydrogen-bond acceptors (Lipinski definition) is 9. The molecule has 168 valence electrons. The van der Waals surface area contributed by atoms with Crippen LogP contribution in [0.4, 0.5) is 5.82 Å². The smallest absolute Gasteiger partial charge is 0.233 e. The first-order valence-electron chi connectivity index (χ1n) is 10.2. The Bertz CT molecular complexity index is 1280. The predicted octanol–water partition coefficient (Wildman–Crippen LogP) is 1.70. The number of rotatable bonds is 5. The van der Waals surface area contributed by atoms with E-state index in [1.165, 1.54) is 6.20 Å². The Balaban J connectivity index is 1.67. The maximum Gasteiger partial charge on any atom is 0.233 e. The minimum Gasteiger partial charge on any atom is -0.475 e. The molecule has 0 bridgehead atoms. The molecule has 1 saturated heterocycles. The third-order valence-corrected chi connectivity index (χ3v) is 7.53. The molecular weight excluding hydrogens is 428 g/mol. The van der Waals surface area contributed by atoms with Crippen molar-refractivity contribution in [1.29, 1.82) is 5.26 Å². The highest BCUT2D eigenvalue weighted by atomic mass is 32.2. The molecule has 3 aromatic heterocycles. The number of fused-ring (bicyclic) bond motifs is 1. The monoisotopic (exact) mass is 454 g/mol. The number of nitrogens with zero attached hydrogens (tertiary/aromatic N) is 7. The van der Waals surface area contributed by atoms with E-state index in [0.29, 0.717) is 47.2 Å². The van der Waals surface area contributed by atoms with Gasteiger partial charge in [0.1, 0.15) is 35.3 Å². The van der Waals surface area contributed by atoms with Crippen molar-refractivity contribution in [2.45, 2.75) is 19.4 Å². The van der Waals surface area contributed by atoms with E-state index in [9.17, 15) is 9.47 Å². The van der Waals surface area contributed by atoms with Crippen molar-refractivity contribution >= 4 is 21.1 Å². The lowest BCUT2D eigenvalue weighted by atomic mass is 10.1. The summed E-state index contributed by atoms with van der Waals surface area (Å²) in [6, 6.07) is 5.98. The first-order chi connectivity index (χ1) is 15.2. The van der Waals surface area contributed by atoms with Crippen LogP contribution in [0.1, 0.15) is 19.4 Å². The average molecular weight is 455 g/mol. The van der Waals surface area contributed by atoms with Gasteiger partial charge in [0.05, 0.1) is 12.4 Å². The molecule has 4 rings (SSSR count). The van der Waals surface area contributed by atoms with Gasteiger partial charge in [-0.1, -0.05) is 0 Å². The molecule has 2 N–H and O–H groups in total. The lowest BCUT2D eigenvalue weighted by Gasteiger charge is -2.29. The van der Waals surface area contributed by atoms with Crippen molar-refractivity contribution in [3.05, 3.63) is 36.3 Å². The van der Waals surface area contributed by atoms with Crippen molar-refractivity contribution in [2.75, 3.05) is 43.1 Å². The SMILES string of the molecule is CN=S1(=O)CCN(c2ccc(-c3nc(OCC(C)(C)N)cn4ncc(C#N)c34)cn2)CC1. The largest absolute Gasteiger partial charge is 0.475 e. The van der Waals surface area contributed by atoms with Crippen molar-refractivity contribution < 1.29 is 8.95 Å². The Kier molecular flexibility index (Phi) is 5.75. The van der Waals surface area contributed by atoms with Gasteiger partial charge in [0.15, 0.2) is 0 Å². The minimum atomic E-state index is -2.08. The van der Waals surface area contributed by atoms with Gasteiger partial charge in [-0.15, -0.1) is 0 Å². The van der Waals surface area contributed by atoms with Crippen LogP contribution in [0.25, 0.3) is 16.8 Å². The van der Waals surface area contributed by atoms with E-state index in [1.54, 1.807) is 24.0 Å². The number of ether oxygens (including phenoxy) is 1. The molecule has 1 aliphatic heterocycles. The van der Waals surface area contributed by atoms with E-state index >= 15 is 0 Å². The van der Waals surface area contributed by atoms with Crippen LogP contribution in [-0.4, -0.2) is 67.6 Å². The zero-order chi connectivity index (χ0) is 22.9. The molecule has 0 unspecified atom stereocenters. The van der Waals surface area contributed by atoms with Crippen LogP contribution in [-0.2, 0) is 9.73 Å². The molecule has 0 saturated carbocycles. The number of pyridine rings is 1. The average Bonchev–Trinajstić information content (AvgIpc) is 3.20. The van der Waals surface area contributed by atoms with Gasteiger partial charge in [0, 0.05) is 58.7 Å². The molecule has 0 spiro atoms. The van der Waals surface area contributed by atoms with E-state index in [-0.39, 0.29) is 6.61 Å². The molecule has 1 aliphatic rings. The summed E-state index contributed by atoms with van der Waals surface area (Å²) in [6.45, 7) is 5.29. The van der Waals surface area contributed by atoms with Crippen LogP contribution in [0, 0.1) is 11.3 Å². The van der Waals surface area contributed by atoms with Gasteiger partial charge in [0.25, 0.3) is 0 Å². The summed E-state index contributed by atoms with van der Waals surface area (Å²) in [6.07, 6.45) is 4.86. The van der Waals surface area contributed by atoms with E-state index < -0.39 is 15.3 Å². The molecule has 1 fully saturated rings. The second-order valence-corrected chi connectivity index (χ2v) is 11.2. The Labute approximate surface area is 187 Å². The lowest BCUT2D eigenvalue weighted by molar-refractivity contribution is 0.234. The van der Waals surface area contributed by atoms with Crippen molar-refractivity contribution in [2.24, 2.45) is 10.1 Å². The van der Waals surface area contributed by atoms with E-state index in [4.69, 9.17) is 10.5 Å². The molecule has 0 atom stereocenters. The molecule has 0 radical (unpaired) electrons. The molecule has 10 nitrogen and oxygen atoms in total. The van der Waals surface area contributed by atoms with Gasteiger partial charge in [-0.05, 0) is 26.0 Å². The molecule has 0 aliphatic carbocycles. The fourth-order valence-electron chi connectivity index (χ4n) is 3.45. The number of aromatic nitrogens is 4. The Morgan fingerprint density at radius 1 is 1.31 bits per heavy atom. The van der Waals surface area contributed by atoms with Gasteiger partial charge < -0.3 is 15.4 Å². The van der Waals surface area contributed by atoms with Crippen LogP contribution < -0.4 is 15.4 Å². The van der Waals surface area contributed by atoms with Crippen molar-refractivity contribution in [1.82, 2.24) is 19.6 Å². The first-order valence-corrected chi connectivity index (χ1v) is 12.1. The number of nitriles is 1. The summed E-state index contributed by atoms with van der Waals surface area (Å²) in [5, 5.41) is 13.8. The number of hydrogen-bond donors (Lipinski definition) is 1. The molecule has 3 aromatic rings.